The second-order valence-electron chi connectivity index (χ2n) is 1.53. The monoisotopic (exact) mass is 178 g/mol. The highest BCUT2D eigenvalue weighted by molar-refractivity contribution is 7.12. The van der Waals surface area contributed by atoms with Crippen molar-refractivity contribution >= 4 is 30.3 Å². The third-order valence-corrected chi connectivity index (χ3v) is 1.93. The van der Waals surface area contributed by atoms with Crippen LogP contribution in [0.3, 0.4) is 0 Å². The third-order valence-electron chi connectivity index (χ3n) is 0.765. The molecule has 0 aliphatic heterocycles. The van der Waals surface area contributed by atoms with Gasteiger partial charge in [-0.15, -0.1) is 11.3 Å². The SMILES string of the molecule is OB(O)Oc1cc(Cl)cs1. The van der Waals surface area contributed by atoms with Gasteiger partial charge in [0.15, 0.2) is 5.06 Å². The molecule has 1 aromatic rings. The zero-order valence-corrected chi connectivity index (χ0v) is 6.39. The van der Waals surface area contributed by atoms with Crippen molar-refractivity contribution in [2.75, 3.05) is 0 Å². The Morgan fingerprint density at radius 1 is 1.60 bits per heavy atom. The lowest BCUT2D eigenvalue weighted by Crippen LogP contribution is -2.19. The lowest BCUT2D eigenvalue weighted by molar-refractivity contribution is 0.292. The molecule has 1 aromatic heterocycles. The van der Waals surface area contributed by atoms with E-state index in [2.05, 4.69) is 4.65 Å². The Balaban J connectivity index is 2.58. The molecule has 0 atom stereocenters. The molecule has 54 valence electrons. The number of halogens is 1. The van der Waals surface area contributed by atoms with Gasteiger partial charge >= 0.3 is 7.32 Å². The van der Waals surface area contributed by atoms with Gasteiger partial charge in [-0.05, 0) is 0 Å². The minimum absolute atomic E-state index is 0.389. The summed E-state index contributed by atoms with van der Waals surface area (Å²) < 4.78 is 4.48. The molecule has 3 nitrogen and oxygen atoms in total. The average molecular weight is 178 g/mol. The van der Waals surface area contributed by atoms with Gasteiger partial charge in [-0.25, -0.2) is 0 Å². The molecule has 0 radical (unpaired) electrons. The van der Waals surface area contributed by atoms with Gasteiger partial charge in [-0.1, -0.05) is 11.6 Å². The second kappa shape index (κ2) is 3.25. The van der Waals surface area contributed by atoms with Crippen LogP contribution in [-0.2, 0) is 0 Å². The van der Waals surface area contributed by atoms with Crippen molar-refractivity contribution in [2.24, 2.45) is 0 Å². The van der Waals surface area contributed by atoms with Crippen molar-refractivity contribution in [1.29, 1.82) is 0 Å². The first-order valence-electron chi connectivity index (χ1n) is 2.45. The van der Waals surface area contributed by atoms with Crippen LogP contribution in [-0.4, -0.2) is 17.4 Å². The van der Waals surface area contributed by atoms with Crippen molar-refractivity contribution < 1.29 is 14.7 Å². The van der Waals surface area contributed by atoms with Gasteiger partial charge in [0.25, 0.3) is 0 Å². The maximum absolute atomic E-state index is 8.31. The highest BCUT2D eigenvalue weighted by Gasteiger charge is 2.11. The molecule has 0 amide bonds. The van der Waals surface area contributed by atoms with Crippen LogP contribution >= 0.6 is 22.9 Å². The minimum Gasteiger partial charge on any atom is -0.504 e. The fourth-order valence-electron chi connectivity index (χ4n) is 0.461. The van der Waals surface area contributed by atoms with Crippen LogP contribution in [0.25, 0.3) is 0 Å². The summed E-state index contributed by atoms with van der Waals surface area (Å²) >= 11 is 6.71. The van der Waals surface area contributed by atoms with Gasteiger partial charge in [0.1, 0.15) is 0 Å². The van der Waals surface area contributed by atoms with Gasteiger partial charge in [0.05, 0.1) is 5.02 Å². The molecule has 2 N–H and O–H groups in total. The van der Waals surface area contributed by atoms with Crippen LogP contribution in [0.2, 0.25) is 5.02 Å². The molecule has 0 aromatic carbocycles. The molecule has 6 heteroatoms. The fourth-order valence-corrected chi connectivity index (χ4v) is 1.39. The largest absolute Gasteiger partial charge is 0.708 e. The molecule has 0 spiro atoms. The van der Waals surface area contributed by atoms with Gasteiger partial charge in [-0.3, -0.25) is 0 Å². The maximum Gasteiger partial charge on any atom is 0.708 e. The Morgan fingerprint density at radius 3 is 2.70 bits per heavy atom. The topological polar surface area (TPSA) is 49.7 Å². The van der Waals surface area contributed by atoms with E-state index in [4.69, 9.17) is 21.6 Å². The molecule has 0 aliphatic carbocycles. The standard InChI is InChI=1S/C4H4BClO3S/c6-3-1-4(10-2-3)9-5(7)8/h1-2,7-8H. The van der Waals surface area contributed by atoms with E-state index >= 15 is 0 Å². The highest BCUT2D eigenvalue weighted by Crippen LogP contribution is 2.26. The number of hydrogen-bond donors (Lipinski definition) is 2. The number of rotatable bonds is 2. The molecule has 0 unspecified atom stereocenters. The summed E-state index contributed by atoms with van der Waals surface area (Å²) in [7, 11) is -1.77. The summed E-state index contributed by atoms with van der Waals surface area (Å²) in [6.45, 7) is 0. The Hall–Kier alpha value is -0.225. The predicted octanol–water partition coefficient (Wildman–Crippen LogP) is 0.750. The zero-order chi connectivity index (χ0) is 7.56. The second-order valence-corrected chi connectivity index (χ2v) is 2.84. The van der Waals surface area contributed by atoms with Crippen LogP contribution in [0, 0.1) is 0 Å². The molecular formula is C4H4BClO3S. The summed E-state index contributed by atoms with van der Waals surface area (Å²) in [6, 6.07) is 1.51. The van der Waals surface area contributed by atoms with E-state index in [1.54, 1.807) is 5.38 Å². The van der Waals surface area contributed by atoms with Gasteiger partial charge in [0, 0.05) is 11.4 Å². The van der Waals surface area contributed by atoms with Crippen LogP contribution in [0.4, 0.5) is 0 Å². The molecule has 0 aliphatic rings. The Labute approximate surface area is 67.0 Å². The molecule has 0 saturated carbocycles. The van der Waals surface area contributed by atoms with Crippen molar-refractivity contribution in [2.45, 2.75) is 0 Å². The molecular weight excluding hydrogens is 174 g/mol. The average Bonchev–Trinajstić information content (AvgIpc) is 2.13. The quantitative estimate of drug-likeness (QED) is 0.657. The predicted molar refractivity (Wildman–Crippen MR) is 40.1 cm³/mol. The molecule has 10 heavy (non-hydrogen) atoms. The maximum atomic E-state index is 8.31. The smallest absolute Gasteiger partial charge is 0.504 e. The van der Waals surface area contributed by atoms with E-state index in [1.165, 1.54) is 17.4 Å². The van der Waals surface area contributed by atoms with Crippen molar-refractivity contribution in [1.82, 2.24) is 0 Å². The number of hydrogen-bond acceptors (Lipinski definition) is 4. The minimum atomic E-state index is -1.77. The summed E-state index contributed by atoms with van der Waals surface area (Å²) in [4.78, 5) is 0. The van der Waals surface area contributed by atoms with Crippen LogP contribution in [0.15, 0.2) is 11.4 Å². The Kier molecular flexibility index (Phi) is 2.56. The van der Waals surface area contributed by atoms with Crippen molar-refractivity contribution in [3.8, 4) is 5.06 Å². The lowest BCUT2D eigenvalue weighted by Gasteiger charge is -1.97. The summed E-state index contributed by atoms with van der Waals surface area (Å²) in [6.07, 6.45) is 0. The van der Waals surface area contributed by atoms with Crippen molar-refractivity contribution in [3.63, 3.8) is 0 Å². The van der Waals surface area contributed by atoms with Gasteiger partial charge in [-0.2, -0.15) is 0 Å². The summed E-state index contributed by atoms with van der Waals surface area (Å²) in [5.41, 5.74) is 0. The molecule has 0 fully saturated rings. The first kappa shape index (κ1) is 7.88. The van der Waals surface area contributed by atoms with E-state index in [1.807, 2.05) is 0 Å². The fraction of sp³-hybridized carbons (Fsp3) is 0. The summed E-state index contributed by atoms with van der Waals surface area (Å²) in [5.74, 6) is 0. The van der Waals surface area contributed by atoms with Crippen molar-refractivity contribution in [3.05, 3.63) is 16.5 Å². The van der Waals surface area contributed by atoms with Crippen LogP contribution in [0.5, 0.6) is 5.06 Å². The Morgan fingerprint density at radius 2 is 2.30 bits per heavy atom. The molecule has 1 heterocycles. The molecule has 0 saturated heterocycles. The van der Waals surface area contributed by atoms with E-state index in [-0.39, 0.29) is 0 Å². The highest BCUT2D eigenvalue weighted by atomic mass is 35.5. The van der Waals surface area contributed by atoms with E-state index < -0.39 is 7.32 Å². The van der Waals surface area contributed by atoms with E-state index in [9.17, 15) is 0 Å². The summed E-state index contributed by atoms with van der Waals surface area (Å²) in [5, 5.41) is 19.2. The van der Waals surface area contributed by atoms with Crippen LogP contribution < -0.4 is 4.65 Å². The van der Waals surface area contributed by atoms with Gasteiger partial charge < -0.3 is 14.7 Å². The Bertz CT molecular complexity index is 214. The van der Waals surface area contributed by atoms with Gasteiger partial charge in [0.2, 0.25) is 0 Å². The number of thiophene rings is 1. The lowest BCUT2D eigenvalue weighted by atomic mass is 10.3. The molecule has 0 bridgehead atoms. The normalized spacial score (nSPS) is 9.50. The molecule has 1 rings (SSSR count). The van der Waals surface area contributed by atoms with Crippen LogP contribution in [0.1, 0.15) is 0 Å². The first-order valence-corrected chi connectivity index (χ1v) is 3.71. The zero-order valence-electron chi connectivity index (χ0n) is 4.82. The van der Waals surface area contributed by atoms with E-state index in [0.29, 0.717) is 10.1 Å². The third kappa shape index (κ3) is 2.19. The first-order chi connectivity index (χ1) is 4.68. The van der Waals surface area contributed by atoms with E-state index in [0.717, 1.165) is 0 Å².